The number of aromatic nitrogens is 2. The molecule has 1 saturated heterocycles. The molecule has 1 aromatic carbocycles. The first kappa shape index (κ1) is 20.8. The van der Waals surface area contributed by atoms with Crippen LogP contribution in [0.3, 0.4) is 0 Å². The smallest absolute Gasteiger partial charge is 0.356 e. The van der Waals surface area contributed by atoms with E-state index in [1.807, 2.05) is 35.2 Å². The number of amides is 1. The third-order valence-electron chi connectivity index (χ3n) is 5.12. The van der Waals surface area contributed by atoms with Crippen LogP contribution in [0.5, 0.6) is 0 Å². The maximum Gasteiger partial charge on any atom is 0.433 e. The lowest BCUT2D eigenvalue weighted by Crippen LogP contribution is -2.31. The number of piperidine rings is 1. The maximum atomic E-state index is 13.2. The first-order valence-electron chi connectivity index (χ1n) is 10.1. The largest absolute Gasteiger partial charge is 0.433 e. The topological polar surface area (TPSA) is 58.1 Å². The molecule has 0 spiro atoms. The van der Waals surface area contributed by atoms with Gasteiger partial charge in [-0.15, -0.1) is 0 Å². The fourth-order valence-electron chi connectivity index (χ4n) is 3.59. The van der Waals surface area contributed by atoms with Gasteiger partial charge in [-0.1, -0.05) is 18.2 Å². The number of anilines is 2. The second-order valence-corrected chi connectivity index (χ2v) is 7.39. The Morgan fingerprint density at radius 3 is 2.61 bits per heavy atom. The molecule has 5 nitrogen and oxygen atoms in total. The van der Waals surface area contributed by atoms with Crippen molar-refractivity contribution < 1.29 is 18.0 Å². The monoisotopic (exact) mass is 426 g/mol. The molecule has 8 heteroatoms. The number of alkyl halides is 3. The summed E-state index contributed by atoms with van der Waals surface area (Å²) in [7, 11) is 0. The van der Waals surface area contributed by atoms with Gasteiger partial charge in [0.25, 0.3) is 0 Å². The Morgan fingerprint density at radius 2 is 1.84 bits per heavy atom. The molecule has 0 aliphatic carbocycles. The Morgan fingerprint density at radius 1 is 1.06 bits per heavy atom. The van der Waals surface area contributed by atoms with Crippen molar-refractivity contribution >= 4 is 34.4 Å². The number of nitrogens with one attached hydrogen (secondary N) is 1. The number of hydrogen-bond acceptors (Lipinski definition) is 4. The van der Waals surface area contributed by atoms with Crippen LogP contribution >= 0.6 is 0 Å². The molecule has 1 N–H and O–H groups in total. The molecule has 160 valence electrons. The van der Waals surface area contributed by atoms with E-state index in [1.165, 1.54) is 18.2 Å². The molecule has 0 bridgehead atoms. The Labute approximate surface area is 177 Å². The lowest BCUT2D eigenvalue weighted by atomic mass is 10.1. The van der Waals surface area contributed by atoms with Crippen LogP contribution < -0.4 is 10.2 Å². The minimum atomic E-state index is -4.52. The summed E-state index contributed by atoms with van der Waals surface area (Å²) in [5.74, 6) is -0.146. The summed E-state index contributed by atoms with van der Waals surface area (Å²) in [5, 5.41) is 3.63. The number of fused-ring (bicyclic) bond motifs is 1. The summed E-state index contributed by atoms with van der Waals surface area (Å²) >= 11 is 0. The van der Waals surface area contributed by atoms with Crippen molar-refractivity contribution in [3.05, 3.63) is 66.0 Å². The van der Waals surface area contributed by atoms with E-state index in [2.05, 4.69) is 15.3 Å². The zero-order valence-corrected chi connectivity index (χ0v) is 16.7. The van der Waals surface area contributed by atoms with E-state index in [9.17, 15) is 18.0 Å². The van der Waals surface area contributed by atoms with Gasteiger partial charge in [-0.25, -0.2) is 4.98 Å². The molecule has 3 aromatic rings. The average Bonchev–Trinajstić information content (AvgIpc) is 2.77. The molecule has 0 saturated carbocycles. The van der Waals surface area contributed by atoms with E-state index >= 15 is 0 Å². The van der Waals surface area contributed by atoms with Crippen molar-refractivity contribution in [1.82, 2.24) is 9.97 Å². The molecule has 4 rings (SSSR count). The van der Waals surface area contributed by atoms with E-state index in [0.717, 1.165) is 36.2 Å². The predicted molar refractivity (Wildman–Crippen MR) is 115 cm³/mol. The molecule has 2 aromatic heterocycles. The van der Waals surface area contributed by atoms with Crippen LogP contribution in [0.2, 0.25) is 0 Å². The fraction of sp³-hybridized carbons (Fsp3) is 0.261. The van der Waals surface area contributed by atoms with Gasteiger partial charge in [0.15, 0.2) is 0 Å². The van der Waals surface area contributed by atoms with Crippen LogP contribution in [-0.4, -0.2) is 29.0 Å². The zero-order valence-electron chi connectivity index (χ0n) is 16.7. The molecule has 31 heavy (non-hydrogen) atoms. The summed E-state index contributed by atoms with van der Waals surface area (Å²) in [6, 6.07) is 11.7. The second-order valence-electron chi connectivity index (χ2n) is 7.39. The molecule has 1 aliphatic heterocycles. The predicted octanol–water partition coefficient (Wildman–Crippen LogP) is 5.29. The number of halogens is 3. The molecule has 1 amide bonds. The lowest BCUT2D eigenvalue weighted by Gasteiger charge is -2.29. The lowest BCUT2D eigenvalue weighted by molar-refractivity contribution is -0.141. The van der Waals surface area contributed by atoms with E-state index in [4.69, 9.17) is 0 Å². The fourth-order valence-corrected chi connectivity index (χ4v) is 3.59. The van der Waals surface area contributed by atoms with Crippen LogP contribution in [0, 0.1) is 0 Å². The summed E-state index contributed by atoms with van der Waals surface area (Å²) in [4.78, 5) is 22.4. The average molecular weight is 426 g/mol. The number of carbonyl (C=O) groups excluding carboxylic acids is 1. The van der Waals surface area contributed by atoms with Crippen LogP contribution in [0.15, 0.2) is 54.7 Å². The Balaban J connectivity index is 1.55. The van der Waals surface area contributed by atoms with Crippen molar-refractivity contribution in [2.24, 2.45) is 0 Å². The third-order valence-corrected chi connectivity index (χ3v) is 5.12. The summed E-state index contributed by atoms with van der Waals surface area (Å²) in [6.45, 7) is 1.29. The Bertz CT molecular complexity index is 1120. The molecule has 1 fully saturated rings. The molecular weight excluding hydrogens is 405 g/mol. The number of carbonyl (C=O) groups is 1. The number of pyridine rings is 2. The summed E-state index contributed by atoms with van der Waals surface area (Å²) in [5.41, 5.74) is 0.895. The van der Waals surface area contributed by atoms with Crippen molar-refractivity contribution in [1.29, 1.82) is 0 Å². The Hall–Kier alpha value is -3.42. The van der Waals surface area contributed by atoms with Gasteiger partial charge >= 0.3 is 6.18 Å². The number of rotatable bonds is 4. The van der Waals surface area contributed by atoms with Crippen molar-refractivity contribution in [2.75, 3.05) is 23.3 Å². The highest BCUT2D eigenvalue weighted by Crippen LogP contribution is 2.32. The third kappa shape index (κ3) is 5.02. The first-order valence-corrected chi connectivity index (χ1v) is 10.1. The van der Waals surface area contributed by atoms with Crippen molar-refractivity contribution in [3.8, 4) is 0 Å². The highest BCUT2D eigenvalue weighted by Gasteiger charge is 2.33. The van der Waals surface area contributed by atoms with Gasteiger partial charge in [-0.3, -0.25) is 9.78 Å². The number of hydrogen-bond donors (Lipinski definition) is 1. The van der Waals surface area contributed by atoms with E-state index in [1.54, 1.807) is 6.20 Å². The molecule has 0 radical (unpaired) electrons. The van der Waals surface area contributed by atoms with Crippen LogP contribution in [0.25, 0.3) is 17.0 Å². The van der Waals surface area contributed by atoms with Gasteiger partial charge in [0, 0.05) is 30.1 Å². The molecule has 0 unspecified atom stereocenters. The second kappa shape index (κ2) is 8.75. The molecule has 0 atom stereocenters. The van der Waals surface area contributed by atoms with E-state index in [-0.39, 0.29) is 5.82 Å². The normalized spacial score (nSPS) is 14.9. The molecule has 1 aliphatic rings. The highest BCUT2D eigenvalue weighted by molar-refractivity contribution is 6.03. The highest BCUT2D eigenvalue weighted by atomic mass is 19.4. The van der Waals surface area contributed by atoms with Crippen molar-refractivity contribution in [3.63, 3.8) is 0 Å². The van der Waals surface area contributed by atoms with Gasteiger partial charge in [-0.2, -0.15) is 13.2 Å². The summed E-state index contributed by atoms with van der Waals surface area (Å²) in [6.07, 6.45) is 2.68. The van der Waals surface area contributed by atoms with Crippen LogP contribution in [-0.2, 0) is 11.0 Å². The SMILES string of the molecule is O=C(/C=C/c1ccc(C(F)(F)F)nc1N1CCCCC1)Nc1cnc2ccccc2c1. The number of para-hydroxylation sites is 1. The molecular formula is C23H21F3N4O. The minimum absolute atomic E-state index is 0.256. The maximum absolute atomic E-state index is 13.2. The van der Waals surface area contributed by atoms with Gasteiger partial charge in [0.1, 0.15) is 11.5 Å². The van der Waals surface area contributed by atoms with Gasteiger partial charge in [-0.05, 0) is 49.6 Å². The minimum Gasteiger partial charge on any atom is -0.356 e. The van der Waals surface area contributed by atoms with Gasteiger partial charge in [0.05, 0.1) is 17.4 Å². The first-order chi connectivity index (χ1) is 14.9. The standard InChI is InChI=1S/C23H21F3N4O/c24-23(25,26)20-10-8-16(22(29-20)30-12-4-1-5-13-30)9-11-21(31)28-18-14-17-6-2-3-7-19(17)27-15-18/h2-3,6-11,14-15H,1,4-5,12-13H2,(H,28,31)/b11-9+. The van der Waals surface area contributed by atoms with Crippen molar-refractivity contribution in [2.45, 2.75) is 25.4 Å². The van der Waals surface area contributed by atoms with Crippen LogP contribution in [0.1, 0.15) is 30.5 Å². The van der Waals surface area contributed by atoms with E-state index < -0.39 is 17.8 Å². The van der Waals surface area contributed by atoms with Crippen LogP contribution in [0.4, 0.5) is 24.7 Å². The summed E-state index contributed by atoms with van der Waals surface area (Å²) < 4.78 is 39.5. The Kier molecular flexibility index (Phi) is 5.88. The van der Waals surface area contributed by atoms with Gasteiger partial charge < -0.3 is 10.2 Å². The zero-order chi connectivity index (χ0) is 21.8. The quantitative estimate of drug-likeness (QED) is 0.576. The number of nitrogens with zero attached hydrogens (tertiary/aromatic N) is 3. The molecule has 3 heterocycles. The van der Waals surface area contributed by atoms with E-state index in [0.29, 0.717) is 24.3 Å². The van der Waals surface area contributed by atoms with Gasteiger partial charge in [0.2, 0.25) is 5.91 Å². The number of benzene rings is 1.